The molecule has 0 atom stereocenters. The molecule has 4 rings (SSSR count). The molecular weight excluding hydrogens is 480 g/mol. The summed E-state index contributed by atoms with van der Waals surface area (Å²) in [4.78, 5) is 27.5. The van der Waals surface area contributed by atoms with E-state index in [0.717, 1.165) is 34.7 Å². The zero-order valence-corrected chi connectivity index (χ0v) is 21.8. The molecule has 0 bridgehead atoms. The Morgan fingerprint density at radius 2 is 1.66 bits per heavy atom. The number of pyridine rings is 1. The molecule has 0 fully saturated rings. The number of amides is 3. The van der Waals surface area contributed by atoms with Crippen LogP contribution >= 0.6 is 0 Å². The third-order valence-electron chi connectivity index (χ3n) is 5.81. The maximum atomic E-state index is 12.9. The first-order valence-corrected chi connectivity index (χ1v) is 12.4. The lowest BCUT2D eigenvalue weighted by molar-refractivity contribution is -0.109. The summed E-state index contributed by atoms with van der Waals surface area (Å²) in [7, 11) is 0. The summed E-state index contributed by atoms with van der Waals surface area (Å²) < 4.78 is 7.52. The minimum absolute atomic E-state index is 0.209. The van der Waals surface area contributed by atoms with Crippen LogP contribution in [0.5, 0.6) is 5.75 Å². The minimum atomic E-state index is -0.384. The highest BCUT2D eigenvalue weighted by molar-refractivity contribution is 5.99. The van der Waals surface area contributed by atoms with Crippen LogP contribution in [0.3, 0.4) is 0 Å². The highest BCUT2D eigenvalue weighted by atomic mass is 16.5. The van der Waals surface area contributed by atoms with Crippen LogP contribution in [0.1, 0.15) is 37.6 Å². The number of hydrogen-bond donors (Lipinski definition) is 3. The van der Waals surface area contributed by atoms with E-state index in [2.05, 4.69) is 41.7 Å². The van der Waals surface area contributed by atoms with E-state index in [0.29, 0.717) is 31.1 Å². The van der Waals surface area contributed by atoms with Crippen molar-refractivity contribution >= 4 is 23.9 Å². The van der Waals surface area contributed by atoms with Gasteiger partial charge in [-0.15, -0.1) is 0 Å². The fourth-order valence-electron chi connectivity index (χ4n) is 3.70. The van der Waals surface area contributed by atoms with Gasteiger partial charge in [0.1, 0.15) is 11.6 Å². The number of carbonyl (C=O) groups excluding carboxylic acids is 2. The van der Waals surface area contributed by atoms with E-state index in [9.17, 15) is 9.59 Å². The van der Waals surface area contributed by atoms with Crippen LogP contribution in [0.25, 0.3) is 5.69 Å². The van der Waals surface area contributed by atoms with Gasteiger partial charge in [0.05, 0.1) is 18.0 Å². The molecule has 0 saturated heterocycles. The first-order valence-electron chi connectivity index (χ1n) is 12.4. The van der Waals surface area contributed by atoms with Crippen molar-refractivity contribution in [3.05, 3.63) is 95.9 Å². The standard InChI is InChI=1S/C29H32N6O3/c1-29(2,3)26-18-27(35(34-26)24-8-4-22(5-9-24)19-31-20-36)33-28(37)32-23-6-10-25(11-7-23)38-17-14-21-12-15-30-16-13-21/h4-13,15-16,18,20H,14,17,19H2,1-3H3,(H,31,36)(H2,32,33,37). The molecule has 3 N–H and O–H groups in total. The molecule has 0 aliphatic carbocycles. The Morgan fingerprint density at radius 1 is 0.947 bits per heavy atom. The molecule has 2 aromatic heterocycles. The summed E-state index contributed by atoms with van der Waals surface area (Å²) >= 11 is 0. The monoisotopic (exact) mass is 512 g/mol. The number of nitrogens with zero attached hydrogens (tertiary/aromatic N) is 3. The van der Waals surface area contributed by atoms with Crippen LogP contribution in [0.4, 0.5) is 16.3 Å². The van der Waals surface area contributed by atoms with Crippen LogP contribution < -0.4 is 20.7 Å². The molecule has 0 aliphatic rings. The molecule has 3 amide bonds. The van der Waals surface area contributed by atoms with Crippen molar-refractivity contribution in [1.29, 1.82) is 0 Å². The molecule has 2 heterocycles. The lowest BCUT2D eigenvalue weighted by Crippen LogP contribution is -2.21. The Bertz CT molecular complexity index is 1340. The van der Waals surface area contributed by atoms with E-state index < -0.39 is 0 Å². The summed E-state index contributed by atoms with van der Waals surface area (Å²) in [5.74, 6) is 1.27. The SMILES string of the molecule is CC(C)(C)c1cc(NC(=O)Nc2ccc(OCCc3ccncc3)cc2)n(-c2ccc(CNC=O)cc2)n1. The Kier molecular flexibility index (Phi) is 8.37. The third kappa shape index (κ3) is 7.19. The number of ether oxygens (including phenoxy) is 1. The van der Waals surface area contributed by atoms with Crippen LogP contribution in [-0.4, -0.2) is 33.8 Å². The van der Waals surface area contributed by atoms with E-state index in [1.165, 1.54) is 0 Å². The van der Waals surface area contributed by atoms with Crippen molar-refractivity contribution < 1.29 is 14.3 Å². The molecule has 0 radical (unpaired) electrons. The summed E-state index contributed by atoms with van der Waals surface area (Å²) in [5, 5.41) is 13.2. The Morgan fingerprint density at radius 3 is 2.32 bits per heavy atom. The second-order valence-corrected chi connectivity index (χ2v) is 9.80. The molecule has 0 spiro atoms. The van der Waals surface area contributed by atoms with Gasteiger partial charge in [0.25, 0.3) is 0 Å². The third-order valence-corrected chi connectivity index (χ3v) is 5.81. The fraction of sp³-hybridized carbons (Fsp3) is 0.241. The zero-order valence-electron chi connectivity index (χ0n) is 21.8. The van der Waals surface area contributed by atoms with Crippen molar-refractivity contribution in [3.63, 3.8) is 0 Å². The van der Waals surface area contributed by atoms with Crippen molar-refractivity contribution in [3.8, 4) is 11.4 Å². The van der Waals surface area contributed by atoms with Crippen LogP contribution in [0, 0.1) is 0 Å². The summed E-state index contributed by atoms with van der Waals surface area (Å²) in [6, 6.07) is 20.3. The van der Waals surface area contributed by atoms with Crippen molar-refractivity contribution in [2.45, 2.75) is 39.2 Å². The predicted octanol–water partition coefficient (Wildman–Crippen LogP) is 5.08. The number of carbonyl (C=O) groups is 2. The van der Waals surface area contributed by atoms with Crippen molar-refractivity contribution in [2.24, 2.45) is 0 Å². The minimum Gasteiger partial charge on any atom is -0.493 e. The summed E-state index contributed by atoms with van der Waals surface area (Å²) in [6.45, 7) is 7.19. The molecule has 9 heteroatoms. The Hall–Kier alpha value is -4.66. The van der Waals surface area contributed by atoms with Gasteiger partial charge < -0.3 is 15.4 Å². The van der Waals surface area contributed by atoms with Crippen LogP contribution in [0.15, 0.2) is 79.1 Å². The highest BCUT2D eigenvalue weighted by Crippen LogP contribution is 2.27. The van der Waals surface area contributed by atoms with Crippen LogP contribution in [0.2, 0.25) is 0 Å². The maximum Gasteiger partial charge on any atom is 0.324 e. The predicted molar refractivity (Wildman–Crippen MR) is 148 cm³/mol. The number of anilines is 2. The van der Waals surface area contributed by atoms with Gasteiger partial charge in [0, 0.05) is 42.5 Å². The Balaban J connectivity index is 1.40. The molecule has 9 nitrogen and oxygen atoms in total. The number of aromatic nitrogens is 3. The summed E-state index contributed by atoms with van der Waals surface area (Å²) in [6.07, 6.45) is 4.99. The van der Waals surface area contributed by atoms with Gasteiger partial charge in [-0.25, -0.2) is 9.48 Å². The van der Waals surface area contributed by atoms with E-state index in [4.69, 9.17) is 9.84 Å². The molecule has 0 aliphatic heterocycles. The number of nitrogens with one attached hydrogen (secondary N) is 3. The van der Waals surface area contributed by atoms with Gasteiger partial charge in [-0.05, 0) is 59.7 Å². The molecular formula is C29H32N6O3. The van der Waals surface area contributed by atoms with Gasteiger partial charge in [-0.2, -0.15) is 5.10 Å². The van der Waals surface area contributed by atoms with Gasteiger partial charge in [0.2, 0.25) is 6.41 Å². The Labute approximate surface area is 222 Å². The number of rotatable bonds is 10. The zero-order chi connectivity index (χ0) is 27.0. The molecule has 38 heavy (non-hydrogen) atoms. The van der Waals surface area contributed by atoms with Gasteiger partial charge in [0.15, 0.2) is 0 Å². The largest absolute Gasteiger partial charge is 0.493 e. The molecule has 196 valence electrons. The maximum absolute atomic E-state index is 12.9. The lowest BCUT2D eigenvalue weighted by atomic mass is 9.92. The van der Waals surface area contributed by atoms with E-state index >= 15 is 0 Å². The fourth-order valence-corrected chi connectivity index (χ4v) is 3.70. The van der Waals surface area contributed by atoms with Gasteiger partial charge in [-0.1, -0.05) is 32.9 Å². The van der Waals surface area contributed by atoms with E-state index in [1.54, 1.807) is 29.2 Å². The number of urea groups is 1. The second-order valence-electron chi connectivity index (χ2n) is 9.80. The number of hydrogen-bond acceptors (Lipinski definition) is 5. The molecule has 2 aromatic carbocycles. The summed E-state index contributed by atoms with van der Waals surface area (Å²) in [5.41, 5.74) is 4.18. The first kappa shape index (κ1) is 26.4. The lowest BCUT2D eigenvalue weighted by Gasteiger charge is -2.14. The highest BCUT2D eigenvalue weighted by Gasteiger charge is 2.21. The number of benzene rings is 2. The second kappa shape index (κ2) is 12.1. The van der Waals surface area contributed by atoms with Gasteiger partial charge in [-0.3, -0.25) is 15.1 Å². The molecule has 4 aromatic rings. The van der Waals surface area contributed by atoms with E-state index in [1.807, 2.05) is 54.6 Å². The molecule has 0 unspecified atom stereocenters. The van der Waals surface area contributed by atoms with Crippen molar-refractivity contribution in [2.75, 3.05) is 17.2 Å². The normalized spacial score (nSPS) is 11.0. The smallest absolute Gasteiger partial charge is 0.324 e. The van der Waals surface area contributed by atoms with Gasteiger partial charge >= 0.3 is 6.03 Å². The van der Waals surface area contributed by atoms with Crippen molar-refractivity contribution in [1.82, 2.24) is 20.1 Å². The van der Waals surface area contributed by atoms with Crippen LogP contribution in [-0.2, 0) is 23.2 Å². The average Bonchev–Trinajstić information content (AvgIpc) is 3.33. The van der Waals surface area contributed by atoms with E-state index in [-0.39, 0.29) is 11.4 Å². The topological polar surface area (TPSA) is 110 Å². The average molecular weight is 513 g/mol. The quantitative estimate of drug-likeness (QED) is 0.257. The molecule has 0 saturated carbocycles. The first-order chi connectivity index (χ1) is 18.3.